The molecule has 3 rings (SSSR count). The van der Waals surface area contributed by atoms with Gasteiger partial charge in [-0.2, -0.15) is 0 Å². The summed E-state index contributed by atoms with van der Waals surface area (Å²) in [6.07, 6.45) is 2.35. The van der Waals surface area contributed by atoms with Gasteiger partial charge < -0.3 is 10.0 Å². The summed E-state index contributed by atoms with van der Waals surface area (Å²) in [5.74, 6) is -0.265. The number of carboxylic acids is 1. The maximum atomic E-state index is 11.3. The van der Waals surface area contributed by atoms with Crippen molar-refractivity contribution in [3.63, 3.8) is 0 Å². The van der Waals surface area contributed by atoms with Crippen LogP contribution in [0.4, 0.5) is 5.69 Å². The number of anilines is 1. The number of carboxylic acid groups (broad SMARTS) is 1. The van der Waals surface area contributed by atoms with Crippen molar-refractivity contribution in [2.45, 2.75) is 19.8 Å². The quantitative estimate of drug-likeness (QED) is 0.930. The highest BCUT2D eigenvalue weighted by Crippen LogP contribution is 2.31. The van der Waals surface area contributed by atoms with Crippen molar-refractivity contribution in [3.05, 3.63) is 36.0 Å². The van der Waals surface area contributed by atoms with Crippen LogP contribution in [0.3, 0.4) is 0 Å². The smallest absolute Gasteiger partial charge is 0.354 e. The molecule has 1 aromatic carbocycles. The highest BCUT2D eigenvalue weighted by atomic mass is 16.4. The molecular weight excluding hydrogens is 252 g/mol. The van der Waals surface area contributed by atoms with Gasteiger partial charge in [0.05, 0.1) is 5.52 Å². The average molecular weight is 270 g/mol. The number of pyridine rings is 1. The number of benzene rings is 1. The molecule has 0 aliphatic carbocycles. The number of hydrogen-bond donors (Lipinski definition) is 1. The predicted octanol–water partition coefficient (Wildman–Crippen LogP) is 3.17. The number of aromatic carboxylic acids is 1. The molecule has 2 heterocycles. The molecule has 104 valence electrons. The zero-order valence-corrected chi connectivity index (χ0v) is 11.5. The Balaban J connectivity index is 2.10. The van der Waals surface area contributed by atoms with E-state index in [-0.39, 0.29) is 5.69 Å². The Bertz CT molecular complexity index is 654. The Morgan fingerprint density at radius 1 is 1.45 bits per heavy atom. The van der Waals surface area contributed by atoms with Gasteiger partial charge in [0.25, 0.3) is 0 Å². The van der Waals surface area contributed by atoms with Gasteiger partial charge in [-0.05, 0) is 24.5 Å². The van der Waals surface area contributed by atoms with E-state index in [1.165, 1.54) is 12.8 Å². The number of aromatic nitrogens is 1. The van der Waals surface area contributed by atoms with Crippen molar-refractivity contribution in [2.75, 3.05) is 18.0 Å². The fourth-order valence-corrected chi connectivity index (χ4v) is 2.91. The van der Waals surface area contributed by atoms with Crippen LogP contribution in [-0.2, 0) is 0 Å². The van der Waals surface area contributed by atoms with Crippen molar-refractivity contribution in [3.8, 4) is 0 Å². The highest BCUT2D eigenvalue weighted by Gasteiger charge is 2.23. The lowest BCUT2D eigenvalue weighted by molar-refractivity contribution is 0.0691. The minimum Gasteiger partial charge on any atom is -0.477 e. The van der Waals surface area contributed by atoms with Gasteiger partial charge in [-0.1, -0.05) is 31.5 Å². The van der Waals surface area contributed by atoms with Crippen LogP contribution >= 0.6 is 0 Å². The van der Waals surface area contributed by atoms with Gasteiger partial charge in [-0.25, -0.2) is 9.78 Å². The Hall–Kier alpha value is -2.10. The number of para-hydroxylation sites is 1. The fraction of sp³-hybridized carbons (Fsp3) is 0.375. The van der Waals surface area contributed by atoms with Gasteiger partial charge in [0.15, 0.2) is 5.69 Å². The first kappa shape index (κ1) is 12.9. The topological polar surface area (TPSA) is 53.4 Å². The molecule has 1 N–H and O–H groups in total. The van der Waals surface area contributed by atoms with E-state index in [4.69, 9.17) is 0 Å². The van der Waals surface area contributed by atoms with Crippen LogP contribution in [0.15, 0.2) is 30.3 Å². The normalized spacial score (nSPS) is 18.6. The SMILES string of the molecule is CCC1CCN(c2cc(C(=O)O)nc3ccccc23)C1. The number of nitrogens with zero attached hydrogens (tertiary/aromatic N) is 2. The minimum absolute atomic E-state index is 0.124. The van der Waals surface area contributed by atoms with Crippen molar-refractivity contribution < 1.29 is 9.90 Å². The van der Waals surface area contributed by atoms with Crippen molar-refractivity contribution in [1.29, 1.82) is 0 Å². The second-order valence-electron chi connectivity index (χ2n) is 5.36. The van der Waals surface area contributed by atoms with Crippen molar-refractivity contribution in [2.24, 2.45) is 5.92 Å². The van der Waals surface area contributed by atoms with Gasteiger partial charge >= 0.3 is 5.97 Å². The van der Waals surface area contributed by atoms with Crippen LogP contribution in [0.5, 0.6) is 0 Å². The monoisotopic (exact) mass is 270 g/mol. The summed E-state index contributed by atoms with van der Waals surface area (Å²) < 4.78 is 0. The molecule has 1 atom stereocenters. The van der Waals surface area contributed by atoms with E-state index >= 15 is 0 Å². The average Bonchev–Trinajstić information content (AvgIpc) is 2.94. The maximum Gasteiger partial charge on any atom is 0.354 e. The molecule has 1 saturated heterocycles. The second kappa shape index (κ2) is 5.12. The second-order valence-corrected chi connectivity index (χ2v) is 5.36. The third-order valence-electron chi connectivity index (χ3n) is 4.12. The first-order chi connectivity index (χ1) is 9.69. The van der Waals surface area contributed by atoms with E-state index in [2.05, 4.69) is 16.8 Å². The van der Waals surface area contributed by atoms with E-state index in [0.29, 0.717) is 5.92 Å². The van der Waals surface area contributed by atoms with Gasteiger partial charge in [-0.15, -0.1) is 0 Å². The summed E-state index contributed by atoms with van der Waals surface area (Å²) in [4.78, 5) is 17.8. The Kier molecular flexibility index (Phi) is 3.30. The zero-order valence-electron chi connectivity index (χ0n) is 11.5. The summed E-state index contributed by atoms with van der Waals surface area (Å²) in [5.41, 5.74) is 1.88. The molecule has 0 bridgehead atoms. The standard InChI is InChI=1S/C16H18N2O2/c1-2-11-7-8-18(10-11)15-9-14(16(19)20)17-13-6-4-3-5-12(13)15/h3-6,9,11H,2,7-8,10H2,1H3,(H,19,20). The highest BCUT2D eigenvalue weighted by molar-refractivity contribution is 5.97. The van der Waals surface area contributed by atoms with E-state index in [9.17, 15) is 9.90 Å². The molecule has 4 heteroatoms. The third-order valence-corrected chi connectivity index (χ3v) is 4.12. The molecule has 0 radical (unpaired) electrons. The summed E-state index contributed by atoms with van der Waals surface area (Å²) in [6, 6.07) is 9.47. The van der Waals surface area contributed by atoms with Gasteiger partial charge in [0, 0.05) is 24.2 Å². The van der Waals surface area contributed by atoms with Crippen LogP contribution < -0.4 is 4.90 Å². The molecule has 0 spiro atoms. The molecule has 1 aliphatic heterocycles. The van der Waals surface area contributed by atoms with Gasteiger partial charge in [0.1, 0.15) is 0 Å². The Morgan fingerprint density at radius 3 is 2.95 bits per heavy atom. The summed E-state index contributed by atoms with van der Waals surface area (Å²) in [6.45, 7) is 4.21. The Morgan fingerprint density at radius 2 is 2.25 bits per heavy atom. The number of fused-ring (bicyclic) bond motifs is 1. The molecule has 2 aromatic rings. The van der Waals surface area contributed by atoms with E-state index < -0.39 is 5.97 Å². The molecule has 0 amide bonds. The maximum absolute atomic E-state index is 11.3. The van der Waals surface area contributed by atoms with Crippen LogP contribution in [0.2, 0.25) is 0 Å². The van der Waals surface area contributed by atoms with E-state index in [0.717, 1.165) is 29.7 Å². The number of rotatable bonds is 3. The van der Waals surface area contributed by atoms with Crippen molar-refractivity contribution in [1.82, 2.24) is 4.98 Å². The fourth-order valence-electron chi connectivity index (χ4n) is 2.91. The molecule has 1 aliphatic rings. The lowest BCUT2D eigenvalue weighted by Gasteiger charge is -2.21. The lowest BCUT2D eigenvalue weighted by Crippen LogP contribution is -2.20. The molecule has 1 fully saturated rings. The summed E-state index contributed by atoms with van der Waals surface area (Å²) >= 11 is 0. The predicted molar refractivity (Wildman–Crippen MR) is 79.3 cm³/mol. The zero-order chi connectivity index (χ0) is 14.1. The van der Waals surface area contributed by atoms with Crippen LogP contribution in [0.1, 0.15) is 30.3 Å². The first-order valence-corrected chi connectivity index (χ1v) is 7.07. The van der Waals surface area contributed by atoms with E-state index in [1.54, 1.807) is 6.07 Å². The largest absolute Gasteiger partial charge is 0.477 e. The third kappa shape index (κ3) is 2.22. The van der Waals surface area contributed by atoms with Crippen LogP contribution in [0.25, 0.3) is 10.9 Å². The van der Waals surface area contributed by atoms with Gasteiger partial charge in [-0.3, -0.25) is 0 Å². The molecule has 0 saturated carbocycles. The summed E-state index contributed by atoms with van der Waals surface area (Å²) in [7, 11) is 0. The molecule has 4 nitrogen and oxygen atoms in total. The molecule has 20 heavy (non-hydrogen) atoms. The molecule has 1 aromatic heterocycles. The summed E-state index contributed by atoms with van der Waals surface area (Å²) in [5, 5.41) is 10.3. The van der Waals surface area contributed by atoms with Gasteiger partial charge in [0.2, 0.25) is 0 Å². The first-order valence-electron chi connectivity index (χ1n) is 7.07. The number of hydrogen-bond acceptors (Lipinski definition) is 3. The van der Waals surface area contributed by atoms with Crippen LogP contribution in [-0.4, -0.2) is 29.1 Å². The lowest BCUT2D eigenvalue weighted by atomic mass is 10.1. The van der Waals surface area contributed by atoms with Crippen molar-refractivity contribution >= 4 is 22.6 Å². The molecular formula is C16H18N2O2. The van der Waals surface area contributed by atoms with Crippen LogP contribution in [0, 0.1) is 5.92 Å². The number of carbonyl (C=O) groups is 1. The Labute approximate surface area is 118 Å². The molecule has 1 unspecified atom stereocenters. The van der Waals surface area contributed by atoms with E-state index in [1.807, 2.05) is 24.3 Å². The minimum atomic E-state index is -0.969.